The van der Waals surface area contributed by atoms with Crippen molar-refractivity contribution in [2.75, 3.05) is 11.9 Å². The number of anilines is 1. The summed E-state index contributed by atoms with van der Waals surface area (Å²) in [6, 6.07) is 24.4. The van der Waals surface area contributed by atoms with E-state index in [1.807, 2.05) is 86.7 Å². The highest BCUT2D eigenvalue weighted by Gasteiger charge is 2.32. The molecule has 1 aliphatic rings. The van der Waals surface area contributed by atoms with Gasteiger partial charge in [-0.15, -0.1) is 0 Å². The lowest BCUT2D eigenvalue weighted by Crippen LogP contribution is -2.40. The van der Waals surface area contributed by atoms with Crippen molar-refractivity contribution in [3.8, 4) is 5.75 Å². The lowest BCUT2D eigenvalue weighted by atomic mass is 9.95. The van der Waals surface area contributed by atoms with Crippen LogP contribution in [0.1, 0.15) is 56.3 Å². The highest BCUT2D eigenvalue weighted by molar-refractivity contribution is 7.07. The van der Waals surface area contributed by atoms with Crippen molar-refractivity contribution in [2.45, 2.75) is 39.7 Å². The van der Waals surface area contributed by atoms with Gasteiger partial charge in [-0.1, -0.05) is 79.8 Å². The van der Waals surface area contributed by atoms with Gasteiger partial charge >= 0.3 is 0 Å². The van der Waals surface area contributed by atoms with Crippen LogP contribution in [0.4, 0.5) is 5.69 Å². The number of thiazole rings is 1. The summed E-state index contributed by atoms with van der Waals surface area (Å²) in [6.07, 6.45) is 1.90. The Kier molecular flexibility index (Phi) is 7.61. The normalized spacial score (nSPS) is 15.2. The minimum atomic E-state index is -0.633. The number of carbonyl (C=O) groups excluding carboxylic acids is 1. The smallest absolute Gasteiger partial charge is 0.271 e. The molecule has 0 fully saturated rings. The van der Waals surface area contributed by atoms with Crippen molar-refractivity contribution in [1.82, 2.24) is 4.57 Å². The molecule has 1 aliphatic heterocycles. The van der Waals surface area contributed by atoms with E-state index >= 15 is 0 Å². The van der Waals surface area contributed by atoms with Crippen LogP contribution in [0.3, 0.4) is 0 Å². The SMILES string of the molecule is CCOc1ccc([C@@H]2C(C(=O)Nc3ccccc3)=C(C)N=c3s/c(=C\c4ccc(C(C)C)cc4)c(=O)n32)cc1. The summed E-state index contributed by atoms with van der Waals surface area (Å²) in [7, 11) is 0. The van der Waals surface area contributed by atoms with Crippen LogP contribution < -0.4 is 24.9 Å². The van der Waals surface area contributed by atoms with Crippen LogP contribution in [0.5, 0.6) is 5.75 Å². The second kappa shape index (κ2) is 11.3. The first kappa shape index (κ1) is 26.4. The van der Waals surface area contributed by atoms with E-state index in [1.54, 1.807) is 4.57 Å². The van der Waals surface area contributed by atoms with E-state index in [1.165, 1.54) is 16.9 Å². The zero-order chi connectivity index (χ0) is 27.5. The number of para-hydroxylation sites is 1. The molecule has 39 heavy (non-hydrogen) atoms. The van der Waals surface area contributed by atoms with Crippen LogP contribution in [0.15, 0.2) is 99.9 Å². The van der Waals surface area contributed by atoms with Crippen LogP contribution in [0.2, 0.25) is 0 Å². The van der Waals surface area contributed by atoms with Crippen LogP contribution >= 0.6 is 11.3 Å². The molecule has 5 rings (SSSR count). The first-order valence-electron chi connectivity index (χ1n) is 13.1. The van der Waals surface area contributed by atoms with Crippen molar-refractivity contribution in [3.05, 3.63) is 127 Å². The molecule has 198 valence electrons. The predicted octanol–water partition coefficient (Wildman–Crippen LogP) is 5.40. The van der Waals surface area contributed by atoms with E-state index in [0.29, 0.717) is 38.8 Å². The number of amides is 1. The Morgan fingerprint density at radius 2 is 1.74 bits per heavy atom. The zero-order valence-electron chi connectivity index (χ0n) is 22.5. The van der Waals surface area contributed by atoms with E-state index in [-0.39, 0.29) is 11.5 Å². The van der Waals surface area contributed by atoms with Gasteiger partial charge in [-0.2, -0.15) is 0 Å². The molecule has 0 aliphatic carbocycles. The molecular weight excluding hydrogens is 506 g/mol. The molecule has 1 N–H and O–H groups in total. The van der Waals surface area contributed by atoms with Crippen molar-refractivity contribution in [3.63, 3.8) is 0 Å². The summed E-state index contributed by atoms with van der Waals surface area (Å²) in [6.45, 7) is 8.62. The first-order valence-corrected chi connectivity index (χ1v) is 13.9. The molecule has 0 saturated heterocycles. The lowest BCUT2D eigenvalue weighted by Gasteiger charge is -2.25. The number of benzene rings is 3. The molecule has 1 amide bonds. The van der Waals surface area contributed by atoms with E-state index in [9.17, 15) is 9.59 Å². The Balaban J connectivity index is 1.63. The largest absolute Gasteiger partial charge is 0.494 e. The van der Waals surface area contributed by atoms with E-state index in [2.05, 4.69) is 31.3 Å². The van der Waals surface area contributed by atoms with Gasteiger partial charge in [0, 0.05) is 5.69 Å². The Bertz CT molecular complexity index is 1700. The van der Waals surface area contributed by atoms with Gasteiger partial charge in [-0.05, 0) is 66.8 Å². The molecule has 0 radical (unpaired) electrons. The van der Waals surface area contributed by atoms with Crippen molar-refractivity contribution in [1.29, 1.82) is 0 Å². The standard InChI is InChI=1S/C32H31N3O3S/c1-5-38-26-17-15-24(16-18-26)29-28(30(36)34-25-9-7-6-8-10-25)21(4)33-32-35(29)31(37)27(39-32)19-22-11-13-23(14-12-22)20(2)3/h6-20,29H,5H2,1-4H3,(H,34,36)/b27-19-/t29-/m1/s1. The van der Waals surface area contributed by atoms with Gasteiger partial charge in [-0.3, -0.25) is 14.2 Å². The predicted molar refractivity (Wildman–Crippen MR) is 157 cm³/mol. The van der Waals surface area contributed by atoms with Gasteiger partial charge in [0.25, 0.3) is 11.5 Å². The van der Waals surface area contributed by atoms with Gasteiger partial charge in [-0.25, -0.2) is 4.99 Å². The van der Waals surface area contributed by atoms with Crippen LogP contribution in [-0.4, -0.2) is 17.1 Å². The summed E-state index contributed by atoms with van der Waals surface area (Å²) in [4.78, 5) is 32.8. The van der Waals surface area contributed by atoms with Gasteiger partial charge in [0.2, 0.25) is 0 Å². The topological polar surface area (TPSA) is 72.7 Å². The molecule has 3 aromatic carbocycles. The molecule has 4 aromatic rings. The first-order chi connectivity index (χ1) is 18.9. The van der Waals surface area contributed by atoms with Crippen LogP contribution in [0.25, 0.3) is 6.08 Å². The molecule has 6 nitrogen and oxygen atoms in total. The maximum Gasteiger partial charge on any atom is 0.271 e. The van der Waals surface area contributed by atoms with E-state index in [4.69, 9.17) is 9.73 Å². The molecule has 7 heteroatoms. The fourth-order valence-electron chi connectivity index (χ4n) is 4.69. The second-order valence-electron chi connectivity index (χ2n) is 9.73. The third-order valence-electron chi connectivity index (χ3n) is 6.71. The highest BCUT2D eigenvalue weighted by atomic mass is 32.1. The average molecular weight is 538 g/mol. The Labute approximate surface area is 231 Å². The number of rotatable bonds is 7. The summed E-state index contributed by atoms with van der Waals surface area (Å²) < 4.78 is 7.84. The molecule has 2 heterocycles. The number of hydrogen-bond acceptors (Lipinski definition) is 5. The number of carbonyl (C=O) groups is 1. The maximum absolute atomic E-state index is 13.9. The molecule has 0 bridgehead atoms. The number of nitrogens with zero attached hydrogens (tertiary/aromatic N) is 2. The Morgan fingerprint density at radius 3 is 2.38 bits per heavy atom. The van der Waals surface area contributed by atoms with Gasteiger partial charge in [0.05, 0.1) is 28.5 Å². The fraction of sp³-hybridized carbons (Fsp3) is 0.219. The number of fused-ring (bicyclic) bond motifs is 1. The van der Waals surface area contributed by atoms with Crippen molar-refractivity contribution >= 4 is 29.0 Å². The van der Waals surface area contributed by atoms with Gasteiger partial charge in [0.15, 0.2) is 4.80 Å². The fourth-order valence-corrected chi connectivity index (χ4v) is 5.74. The Hall–Kier alpha value is -4.23. The molecular formula is C32H31N3O3S. The third kappa shape index (κ3) is 5.49. The number of nitrogens with one attached hydrogen (secondary N) is 1. The monoisotopic (exact) mass is 537 g/mol. The second-order valence-corrected chi connectivity index (χ2v) is 10.7. The summed E-state index contributed by atoms with van der Waals surface area (Å²) in [5.74, 6) is 0.872. The highest BCUT2D eigenvalue weighted by Crippen LogP contribution is 2.31. The van der Waals surface area contributed by atoms with Gasteiger partial charge in [0.1, 0.15) is 5.75 Å². The quantitative estimate of drug-likeness (QED) is 0.343. The average Bonchev–Trinajstić information content (AvgIpc) is 3.23. The van der Waals surface area contributed by atoms with Crippen LogP contribution in [-0.2, 0) is 4.79 Å². The molecule has 1 atom stereocenters. The number of ether oxygens (including phenoxy) is 1. The summed E-state index contributed by atoms with van der Waals surface area (Å²) in [5.41, 5.74) is 4.51. The van der Waals surface area contributed by atoms with E-state index < -0.39 is 6.04 Å². The molecule has 0 unspecified atom stereocenters. The van der Waals surface area contributed by atoms with Crippen molar-refractivity contribution < 1.29 is 9.53 Å². The number of hydrogen-bond donors (Lipinski definition) is 1. The number of allylic oxidation sites excluding steroid dienone is 1. The van der Waals surface area contributed by atoms with Crippen molar-refractivity contribution in [2.24, 2.45) is 4.99 Å². The summed E-state index contributed by atoms with van der Waals surface area (Å²) in [5, 5.41) is 2.98. The van der Waals surface area contributed by atoms with Crippen LogP contribution in [0, 0.1) is 0 Å². The summed E-state index contributed by atoms with van der Waals surface area (Å²) >= 11 is 1.34. The van der Waals surface area contributed by atoms with E-state index in [0.717, 1.165) is 16.9 Å². The minimum absolute atomic E-state index is 0.178. The molecule has 0 spiro atoms. The minimum Gasteiger partial charge on any atom is -0.494 e. The van der Waals surface area contributed by atoms with Gasteiger partial charge < -0.3 is 10.1 Å². The lowest BCUT2D eigenvalue weighted by molar-refractivity contribution is -0.113. The zero-order valence-corrected chi connectivity index (χ0v) is 23.3. The molecule has 1 aromatic heterocycles. The number of aromatic nitrogens is 1. The Morgan fingerprint density at radius 1 is 1.05 bits per heavy atom. The molecule has 0 saturated carbocycles. The maximum atomic E-state index is 13.9. The third-order valence-corrected chi connectivity index (χ3v) is 7.69.